The van der Waals surface area contributed by atoms with E-state index >= 15 is 0 Å². The van der Waals surface area contributed by atoms with Gasteiger partial charge in [-0.3, -0.25) is 9.59 Å². The van der Waals surface area contributed by atoms with Gasteiger partial charge >= 0.3 is 12.1 Å². The summed E-state index contributed by atoms with van der Waals surface area (Å²) in [5.41, 5.74) is 0.942. The molecule has 0 heterocycles. The Morgan fingerprint density at radius 3 is 2.50 bits per heavy atom. The van der Waals surface area contributed by atoms with Crippen LogP contribution in [0.25, 0.3) is 0 Å². The summed E-state index contributed by atoms with van der Waals surface area (Å²) in [6.45, 7) is 3.30. The fraction of sp³-hybridized carbons (Fsp3) is 0.353. The van der Waals surface area contributed by atoms with E-state index in [1.165, 1.54) is 6.08 Å². The van der Waals surface area contributed by atoms with Gasteiger partial charge in [0.2, 0.25) is 0 Å². The molecule has 2 atom stereocenters. The highest BCUT2D eigenvalue weighted by Crippen LogP contribution is 2.09. The molecule has 0 aromatic heterocycles. The number of ketones is 1. The number of aliphatic hydroxyl groups is 1. The number of carboxylic acid groups (broad SMARTS) is 1. The zero-order valence-corrected chi connectivity index (χ0v) is 13.2. The van der Waals surface area contributed by atoms with E-state index < -0.39 is 36.4 Å². The van der Waals surface area contributed by atoms with E-state index in [1.54, 1.807) is 0 Å². The van der Waals surface area contributed by atoms with E-state index in [9.17, 15) is 19.5 Å². The molecule has 0 saturated carbocycles. The molecule has 0 spiro atoms. The number of hydrogen-bond acceptors (Lipinski definition) is 5. The van der Waals surface area contributed by atoms with Crippen molar-refractivity contribution in [2.45, 2.75) is 31.4 Å². The number of rotatable bonds is 10. The average Bonchev–Trinajstić information content (AvgIpc) is 2.57. The number of aliphatic hydroxyl groups excluding tert-OH is 1. The minimum Gasteiger partial charge on any atom is -0.481 e. The molecule has 1 aromatic carbocycles. The summed E-state index contributed by atoms with van der Waals surface area (Å²) in [5.74, 6) is -2.03. The van der Waals surface area contributed by atoms with E-state index in [2.05, 4.69) is 16.6 Å². The maximum absolute atomic E-state index is 12.2. The third kappa shape index (κ3) is 7.06. The Kier molecular flexibility index (Phi) is 8.21. The number of aliphatic carboxylic acids is 1. The summed E-state index contributed by atoms with van der Waals surface area (Å²) in [7, 11) is 0. The van der Waals surface area contributed by atoms with Crippen molar-refractivity contribution >= 4 is 17.8 Å². The highest BCUT2D eigenvalue weighted by molar-refractivity contribution is 5.93. The summed E-state index contributed by atoms with van der Waals surface area (Å²) < 4.78 is 4.67. The maximum atomic E-state index is 12.2. The van der Waals surface area contributed by atoms with Crippen LogP contribution in [0.1, 0.15) is 18.4 Å². The van der Waals surface area contributed by atoms with Gasteiger partial charge in [-0.2, -0.15) is 0 Å². The van der Waals surface area contributed by atoms with Gasteiger partial charge in [-0.05, 0) is 18.4 Å². The molecule has 0 aliphatic carbocycles. The van der Waals surface area contributed by atoms with E-state index in [0.29, 0.717) is 6.42 Å². The van der Waals surface area contributed by atoms with E-state index in [-0.39, 0.29) is 13.0 Å². The molecule has 1 aromatic rings. The van der Waals surface area contributed by atoms with Crippen LogP contribution >= 0.6 is 0 Å². The van der Waals surface area contributed by atoms with Gasteiger partial charge < -0.3 is 20.3 Å². The standard InChI is InChI=1S/C17H21NO6/c1-2-10-24-17(23)18-13(11-15(20)21)16(22)14(19)9-8-12-6-4-3-5-7-12/h2-7,13-14,19H,1,8-11H2,(H,18,23)(H,20,21). The molecule has 1 rings (SSSR count). The number of amides is 1. The number of ether oxygens (including phenoxy) is 1. The number of nitrogens with one attached hydrogen (secondary N) is 1. The zero-order valence-electron chi connectivity index (χ0n) is 13.2. The second-order valence-electron chi connectivity index (χ2n) is 5.12. The first-order valence-corrected chi connectivity index (χ1v) is 7.45. The predicted octanol–water partition coefficient (Wildman–Crippen LogP) is 1.30. The van der Waals surface area contributed by atoms with Crippen LogP contribution in [0.15, 0.2) is 43.0 Å². The lowest BCUT2D eigenvalue weighted by atomic mass is 9.99. The van der Waals surface area contributed by atoms with Crippen molar-refractivity contribution in [3.63, 3.8) is 0 Å². The lowest BCUT2D eigenvalue weighted by molar-refractivity contribution is -0.141. The summed E-state index contributed by atoms with van der Waals surface area (Å²) in [6.07, 6.45) is -1.04. The first-order valence-electron chi connectivity index (χ1n) is 7.45. The maximum Gasteiger partial charge on any atom is 0.408 e. The Morgan fingerprint density at radius 1 is 1.25 bits per heavy atom. The quantitative estimate of drug-likeness (QED) is 0.556. The topological polar surface area (TPSA) is 113 Å². The minimum atomic E-state index is -1.38. The smallest absolute Gasteiger partial charge is 0.408 e. The van der Waals surface area contributed by atoms with E-state index in [4.69, 9.17) is 5.11 Å². The number of carbonyl (C=O) groups excluding carboxylic acids is 2. The average molecular weight is 335 g/mol. The Labute approximate surface area is 139 Å². The van der Waals surface area contributed by atoms with Crippen LogP contribution in [0.5, 0.6) is 0 Å². The lowest BCUT2D eigenvalue weighted by Crippen LogP contribution is -2.46. The Morgan fingerprint density at radius 2 is 1.92 bits per heavy atom. The fourth-order valence-corrected chi connectivity index (χ4v) is 2.04. The van der Waals surface area contributed by atoms with Gasteiger partial charge in [0.15, 0.2) is 5.78 Å². The van der Waals surface area contributed by atoms with Crippen LogP contribution in [-0.4, -0.2) is 46.8 Å². The van der Waals surface area contributed by atoms with Gasteiger partial charge in [-0.15, -0.1) is 0 Å². The van der Waals surface area contributed by atoms with E-state index in [1.807, 2.05) is 30.3 Å². The van der Waals surface area contributed by atoms with Crippen molar-refractivity contribution in [3.8, 4) is 0 Å². The van der Waals surface area contributed by atoms with Crippen molar-refractivity contribution in [1.29, 1.82) is 0 Å². The van der Waals surface area contributed by atoms with Gasteiger partial charge in [-0.25, -0.2) is 4.79 Å². The van der Waals surface area contributed by atoms with Crippen LogP contribution in [0.2, 0.25) is 0 Å². The number of hydrogen-bond donors (Lipinski definition) is 3. The normalized spacial score (nSPS) is 12.7. The molecule has 7 heteroatoms. The fourth-order valence-electron chi connectivity index (χ4n) is 2.04. The lowest BCUT2D eigenvalue weighted by Gasteiger charge is -2.19. The minimum absolute atomic E-state index is 0.0730. The highest BCUT2D eigenvalue weighted by atomic mass is 16.5. The molecule has 0 radical (unpaired) electrons. The van der Waals surface area contributed by atoms with Gasteiger partial charge in [0.25, 0.3) is 0 Å². The molecule has 3 N–H and O–H groups in total. The molecule has 0 aliphatic rings. The van der Waals surface area contributed by atoms with Crippen LogP contribution in [0, 0.1) is 0 Å². The van der Waals surface area contributed by atoms with Crippen LogP contribution < -0.4 is 5.32 Å². The van der Waals surface area contributed by atoms with Gasteiger partial charge in [0, 0.05) is 0 Å². The highest BCUT2D eigenvalue weighted by Gasteiger charge is 2.29. The largest absolute Gasteiger partial charge is 0.481 e. The molecular formula is C17H21NO6. The molecule has 0 saturated heterocycles. The molecule has 2 unspecified atom stereocenters. The van der Waals surface area contributed by atoms with Crippen molar-refractivity contribution in [2.75, 3.05) is 6.61 Å². The van der Waals surface area contributed by atoms with E-state index in [0.717, 1.165) is 5.56 Å². The number of alkyl carbamates (subject to hydrolysis) is 1. The Hall–Kier alpha value is -2.67. The number of carboxylic acids is 1. The number of carbonyl (C=O) groups is 3. The van der Waals surface area contributed by atoms with Gasteiger partial charge in [0.1, 0.15) is 18.8 Å². The van der Waals surface area contributed by atoms with Crippen molar-refractivity contribution in [1.82, 2.24) is 5.32 Å². The summed E-state index contributed by atoms with van der Waals surface area (Å²) >= 11 is 0. The first kappa shape index (κ1) is 19.4. The molecule has 0 bridgehead atoms. The summed E-state index contributed by atoms with van der Waals surface area (Å²) in [6, 6.07) is 7.90. The second-order valence-corrected chi connectivity index (χ2v) is 5.12. The van der Waals surface area contributed by atoms with Crippen LogP contribution in [0.4, 0.5) is 4.79 Å². The number of Topliss-reactive ketones (excluding diaryl/α,β-unsaturated/α-hetero) is 1. The third-order valence-corrected chi connectivity index (χ3v) is 3.22. The first-order chi connectivity index (χ1) is 11.4. The van der Waals surface area contributed by atoms with Crippen molar-refractivity contribution in [2.24, 2.45) is 0 Å². The second kappa shape index (κ2) is 10.2. The monoisotopic (exact) mass is 335 g/mol. The number of aryl methyl sites for hydroxylation is 1. The van der Waals surface area contributed by atoms with Crippen LogP contribution in [-0.2, 0) is 20.7 Å². The van der Waals surface area contributed by atoms with Gasteiger partial charge in [-0.1, -0.05) is 43.0 Å². The van der Waals surface area contributed by atoms with Crippen molar-refractivity contribution in [3.05, 3.63) is 48.6 Å². The molecular weight excluding hydrogens is 314 g/mol. The third-order valence-electron chi connectivity index (χ3n) is 3.22. The Bertz CT molecular complexity index is 572. The van der Waals surface area contributed by atoms with Crippen LogP contribution in [0.3, 0.4) is 0 Å². The summed E-state index contributed by atoms with van der Waals surface area (Å²) in [4.78, 5) is 34.6. The number of benzene rings is 1. The predicted molar refractivity (Wildman–Crippen MR) is 86.5 cm³/mol. The molecule has 24 heavy (non-hydrogen) atoms. The SMILES string of the molecule is C=CCOC(=O)NC(CC(=O)O)C(=O)C(O)CCc1ccccc1. The van der Waals surface area contributed by atoms with Crippen molar-refractivity contribution < 1.29 is 29.3 Å². The molecule has 7 nitrogen and oxygen atoms in total. The molecule has 130 valence electrons. The molecule has 0 fully saturated rings. The van der Waals surface area contributed by atoms with Gasteiger partial charge in [0.05, 0.1) is 6.42 Å². The zero-order chi connectivity index (χ0) is 17.9. The Balaban J connectivity index is 2.62. The molecule has 1 amide bonds. The molecule has 0 aliphatic heterocycles. The summed E-state index contributed by atoms with van der Waals surface area (Å²) in [5, 5.41) is 21.0.